The van der Waals surface area contributed by atoms with Gasteiger partial charge in [-0.25, -0.2) is 0 Å². The molecule has 2 rings (SSSR count). The summed E-state index contributed by atoms with van der Waals surface area (Å²) < 4.78 is 0. The Balaban J connectivity index is 2.01. The molecule has 92 valence electrons. The molecule has 0 radical (unpaired) electrons. The molecule has 0 aliphatic carbocycles. The van der Waals surface area contributed by atoms with Gasteiger partial charge in [0.05, 0.1) is 0 Å². The van der Waals surface area contributed by atoms with Crippen LogP contribution in [-0.4, -0.2) is 26.2 Å². The SMILES string of the molecule is CC(C)/C=C/c1ccc(N2CCNCC2)cc1. The van der Waals surface area contributed by atoms with E-state index in [-0.39, 0.29) is 0 Å². The summed E-state index contributed by atoms with van der Waals surface area (Å²) >= 11 is 0. The molecule has 1 aliphatic heterocycles. The highest BCUT2D eigenvalue weighted by Gasteiger charge is 2.09. The highest BCUT2D eigenvalue weighted by atomic mass is 15.2. The Morgan fingerprint density at radius 2 is 1.76 bits per heavy atom. The van der Waals surface area contributed by atoms with Crippen molar-refractivity contribution in [3.8, 4) is 0 Å². The largest absolute Gasteiger partial charge is 0.369 e. The summed E-state index contributed by atoms with van der Waals surface area (Å²) in [5.74, 6) is 0.614. The minimum atomic E-state index is 0.614. The zero-order valence-electron chi connectivity index (χ0n) is 10.8. The van der Waals surface area contributed by atoms with Crippen molar-refractivity contribution in [2.75, 3.05) is 31.1 Å². The summed E-state index contributed by atoms with van der Waals surface area (Å²) in [5, 5.41) is 3.38. The van der Waals surface area contributed by atoms with Gasteiger partial charge in [0.25, 0.3) is 0 Å². The molecule has 1 saturated heterocycles. The second-order valence-electron chi connectivity index (χ2n) is 4.93. The van der Waals surface area contributed by atoms with Gasteiger partial charge in [-0.3, -0.25) is 0 Å². The fourth-order valence-corrected chi connectivity index (χ4v) is 2.02. The van der Waals surface area contributed by atoms with E-state index >= 15 is 0 Å². The molecule has 1 fully saturated rings. The first-order valence-corrected chi connectivity index (χ1v) is 6.49. The molecule has 0 spiro atoms. The Kier molecular flexibility index (Phi) is 4.21. The predicted molar refractivity (Wildman–Crippen MR) is 75.4 cm³/mol. The molecular weight excluding hydrogens is 208 g/mol. The maximum atomic E-state index is 3.38. The van der Waals surface area contributed by atoms with Gasteiger partial charge in [0.2, 0.25) is 0 Å². The molecule has 1 heterocycles. The van der Waals surface area contributed by atoms with Gasteiger partial charge >= 0.3 is 0 Å². The van der Waals surface area contributed by atoms with Gasteiger partial charge in [-0.15, -0.1) is 0 Å². The Labute approximate surface area is 104 Å². The van der Waals surface area contributed by atoms with Crippen LogP contribution in [0.2, 0.25) is 0 Å². The Morgan fingerprint density at radius 3 is 2.35 bits per heavy atom. The lowest BCUT2D eigenvalue weighted by Crippen LogP contribution is -2.43. The highest BCUT2D eigenvalue weighted by Crippen LogP contribution is 2.16. The molecule has 0 atom stereocenters. The molecular formula is C15H22N2. The smallest absolute Gasteiger partial charge is 0.0367 e. The van der Waals surface area contributed by atoms with Crippen LogP contribution in [0.3, 0.4) is 0 Å². The molecule has 0 unspecified atom stereocenters. The van der Waals surface area contributed by atoms with Crippen molar-refractivity contribution in [3.05, 3.63) is 35.9 Å². The summed E-state index contributed by atoms with van der Waals surface area (Å²) in [7, 11) is 0. The van der Waals surface area contributed by atoms with Crippen LogP contribution in [0.15, 0.2) is 30.3 Å². The number of piperazine rings is 1. The predicted octanol–water partition coefficient (Wildman–Crippen LogP) is 2.77. The lowest BCUT2D eigenvalue weighted by molar-refractivity contribution is 0.589. The molecule has 1 N–H and O–H groups in total. The number of rotatable bonds is 3. The van der Waals surface area contributed by atoms with Crippen molar-refractivity contribution in [3.63, 3.8) is 0 Å². The zero-order valence-corrected chi connectivity index (χ0v) is 10.8. The molecule has 17 heavy (non-hydrogen) atoms. The van der Waals surface area contributed by atoms with E-state index in [9.17, 15) is 0 Å². The number of hydrogen-bond donors (Lipinski definition) is 1. The van der Waals surface area contributed by atoms with Crippen LogP contribution < -0.4 is 10.2 Å². The van der Waals surface area contributed by atoms with Crippen molar-refractivity contribution < 1.29 is 0 Å². The van der Waals surface area contributed by atoms with Crippen molar-refractivity contribution >= 4 is 11.8 Å². The van der Waals surface area contributed by atoms with Gasteiger partial charge < -0.3 is 10.2 Å². The standard InChI is InChI=1S/C15H22N2/c1-13(2)3-4-14-5-7-15(8-6-14)17-11-9-16-10-12-17/h3-8,13,16H,9-12H2,1-2H3/b4-3+. The monoisotopic (exact) mass is 230 g/mol. The first-order valence-electron chi connectivity index (χ1n) is 6.49. The molecule has 1 aromatic rings. The third kappa shape index (κ3) is 3.60. The summed E-state index contributed by atoms with van der Waals surface area (Å²) in [6.45, 7) is 8.81. The van der Waals surface area contributed by atoms with Gasteiger partial charge in [-0.05, 0) is 23.6 Å². The fourth-order valence-electron chi connectivity index (χ4n) is 2.02. The summed E-state index contributed by atoms with van der Waals surface area (Å²) in [6.07, 6.45) is 4.44. The normalized spacial score (nSPS) is 17.0. The van der Waals surface area contributed by atoms with Crippen molar-refractivity contribution in [2.45, 2.75) is 13.8 Å². The molecule has 1 aliphatic rings. The topological polar surface area (TPSA) is 15.3 Å². The van der Waals surface area contributed by atoms with E-state index in [2.05, 4.69) is 60.5 Å². The zero-order chi connectivity index (χ0) is 12.1. The maximum absolute atomic E-state index is 3.38. The van der Waals surface area contributed by atoms with Crippen LogP contribution in [0.4, 0.5) is 5.69 Å². The van der Waals surface area contributed by atoms with Gasteiger partial charge in [-0.2, -0.15) is 0 Å². The van der Waals surface area contributed by atoms with E-state index in [0.717, 1.165) is 26.2 Å². The molecule has 2 nitrogen and oxygen atoms in total. The highest BCUT2D eigenvalue weighted by molar-refractivity contribution is 5.56. The molecule has 0 aromatic heterocycles. The van der Waals surface area contributed by atoms with Crippen LogP contribution in [0.5, 0.6) is 0 Å². The number of anilines is 1. The van der Waals surface area contributed by atoms with Crippen molar-refractivity contribution in [1.29, 1.82) is 0 Å². The molecule has 0 amide bonds. The van der Waals surface area contributed by atoms with E-state index in [1.54, 1.807) is 0 Å². The third-order valence-corrected chi connectivity index (χ3v) is 3.05. The average molecular weight is 230 g/mol. The quantitative estimate of drug-likeness (QED) is 0.859. The average Bonchev–Trinajstić information content (AvgIpc) is 2.38. The number of benzene rings is 1. The lowest BCUT2D eigenvalue weighted by Gasteiger charge is -2.29. The van der Waals surface area contributed by atoms with Gasteiger partial charge in [0, 0.05) is 31.9 Å². The molecule has 2 heteroatoms. The first kappa shape index (κ1) is 12.2. The number of nitrogens with one attached hydrogen (secondary N) is 1. The van der Waals surface area contributed by atoms with E-state index in [0.29, 0.717) is 5.92 Å². The van der Waals surface area contributed by atoms with E-state index in [4.69, 9.17) is 0 Å². The molecule has 1 aromatic carbocycles. The van der Waals surface area contributed by atoms with Crippen LogP contribution in [-0.2, 0) is 0 Å². The first-order chi connectivity index (χ1) is 8.25. The Bertz CT molecular complexity index is 359. The third-order valence-electron chi connectivity index (χ3n) is 3.05. The number of nitrogens with zero attached hydrogens (tertiary/aromatic N) is 1. The molecule has 0 bridgehead atoms. The summed E-state index contributed by atoms with van der Waals surface area (Å²) in [6, 6.07) is 8.86. The Hall–Kier alpha value is -1.28. The lowest BCUT2D eigenvalue weighted by atomic mass is 10.1. The van der Waals surface area contributed by atoms with Crippen LogP contribution in [0.25, 0.3) is 6.08 Å². The van der Waals surface area contributed by atoms with Crippen LogP contribution in [0, 0.1) is 5.92 Å². The summed E-state index contributed by atoms with van der Waals surface area (Å²) in [5.41, 5.74) is 2.63. The van der Waals surface area contributed by atoms with Gasteiger partial charge in [-0.1, -0.05) is 38.1 Å². The minimum Gasteiger partial charge on any atom is -0.369 e. The van der Waals surface area contributed by atoms with E-state index in [1.165, 1.54) is 11.3 Å². The fraction of sp³-hybridized carbons (Fsp3) is 0.467. The second-order valence-corrected chi connectivity index (χ2v) is 4.93. The van der Waals surface area contributed by atoms with Gasteiger partial charge in [0.15, 0.2) is 0 Å². The van der Waals surface area contributed by atoms with Crippen molar-refractivity contribution in [2.24, 2.45) is 5.92 Å². The van der Waals surface area contributed by atoms with E-state index in [1.807, 2.05) is 0 Å². The maximum Gasteiger partial charge on any atom is 0.0367 e. The minimum absolute atomic E-state index is 0.614. The second kappa shape index (κ2) is 5.87. The van der Waals surface area contributed by atoms with Crippen LogP contribution >= 0.6 is 0 Å². The Morgan fingerprint density at radius 1 is 1.12 bits per heavy atom. The van der Waals surface area contributed by atoms with Gasteiger partial charge in [0.1, 0.15) is 0 Å². The number of hydrogen-bond acceptors (Lipinski definition) is 2. The number of allylic oxidation sites excluding steroid dienone is 1. The van der Waals surface area contributed by atoms with Crippen LogP contribution in [0.1, 0.15) is 19.4 Å². The molecule has 0 saturated carbocycles. The van der Waals surface area contributed by atoms with Crippen molar-refractivity contribution in [1.82, 2.24) is 5.32 Å². The van der Waals surface area contributed by atoms with E-state index < -0.39 is 0 Å². The summed E-state index contributed by atoms with van der Waals surface area (Å²) in [4.78, 5) is 2.44.